The van der Waals surface area contributed by atoms with Gasteiger partial charge >= 0.3 is 5.75 Å². The minimum atomic E-state index is -0.638. The van der Waals surface area contributed by atoms with Crippen molar-refractivity contribution in [1.29, 1.82) is 0 Å². The lowest BCUT2D eigenvalue weighted by molar-refractivity contribution is -0.358. The molecule has 1 aliphatic heterocycles. The number of fused-ring (bicyclic) bond motifs is 3. The number of carbonyl (C=O) groups excluding carboxylic acids is 1. The summed E-state index contributed by atoms with van der Waals surface area (Å²) >= 11 is 0. The first-order valence-corrected chi connectivity index (χ1v) is 8.48. The molecule has 2 nitrogen and oxygen atoms in total. The first-order chi connectivity index (χ1) is 11.6. The summed E-state index contributed by atoms with van der Waals surface area (Å²) in [6.45, 7) is 5.47. The summed E-state index contributed by atoms with van der Waals surface area (Å²) in [4.78, 5) is 0. The fourth-order valence-electron chi connectivity index (χ4n) is 4.03. The molecule has 24 heavy (non-hydrogen) atoms. The van der Waals surface area contributed by atoms with Crippen molar-refractivity contribution in [3.05, 3.63) is 53.2 Å². The second kappa shape index (κ2) is 5.76. The van der Waals surface area contributed by atoms with E-state index in [4.69, 9.17) is 9.16 Å². The molecule has 0 spiro atoms. The molecule has 0 aromatic heterocycles. The molecule has 1 aromatic carbocycles. The number of hydrogen-bond acceptors (Lipinski definition) is 1. The zero-order valence-electron chi connectivity index (χ0n) is 13.6. The zero-order valence-corrected chi connectivity index (χ0v) is 13.6. The third kappa shape index (κ3) is 2.27. The average Bonchev–Trinajstić information content (AvgIpc) is 2.97. The smallest absolute Gasteiger partial charge is 0.375 e. The predicted molar refractivity (Wildman–Crippen MR) is 87.8 cm³/mol. The highest BCUT2D eigenvalue weighted by atomic mass is 19.1. The molecule has 3 aliphatic rings. The third-order valence-electron chi connectivity index (χ3n) is 5.50. The van der Waals surface area contributed by atoms with Gasteiger partial charge in [-0.3, -0.25) is 4.39 Å². The summed E-state index contributed by atoms with van der Waals surface area (Å²) in [5, 5.41) is 0. The largest absolute Gasteiger partial charge is 0.501 e. The Balaban J connectivity index is 1.66. The first-order valence-electron chi connectivity index (χ1n) is 8.48. The Morgan fingerprint density at radius 2 is 1.96 bits per heavy atom. The first kappa shape index (κ1) is 15.4. The molecule has 4 rings (SSSR count). The summed E-state index contributed by atoms with van der Waals surface area (Å²) in [6.07, 6.45) is 8.09. The van der Waals surface area contributed by atoms with Gasteiger partial charge in [-0.25, -0.2) is 8.82 Å². The molecule has 2 aliphatic carbocycles. The second-order valence-corrected chi connectivity index (χ2v) is 7.00. The molecule has 126 valence electrons. The van der Waals surface area contributed by atoms with E-state index in [9.17, 15) is 4.39 Å². The van der Waals surface area contributed by atoms with Crippen LogP contribution in [-0.2, 0) is 4.42 Å². The topological polar surface area (TPSA) is 20.5 Å². The maximum absolute atomic E-state index is 15.1. The van der Waals surface area contributed by atoms with E-state index in [-0.39, 0.29) is 29.0 Å². The Morgan fingerprint density at radius 3 is 2.67 bits per heavy atom. The SMILES string of the molecule is C=[O+]c1ccc2c(c1F)OC1=C(F)C(C3CCC(C)CC3)C=C[C-]12. The van der Waals surface area contributed by atoms with Crippen LogP contribution in [0, 0.1) is 29.5 Å². The lowest BCUT2D eigenvalue weighted by Crippen LogP contribution is -2.23. The molecular weight excluding hydrogens is 310 g/mol. The van der Waals surface area contributed by atoms with Crippen molar-refractivity contribution in [3.63, 3.8) is 0 Å². The molecule has 0 bridgehead atoms. The summed E-state index contributed by atoms with van der Waals surface area (Å²) in [6, 6.07) is 3.17. The van der Waals surface area contributed by atoms with Crippen LogP contribution in [-0.4, -0.2) is 6.79 Å². The van der Waals surface area contributed by atoms with Gasteiger partial charge in [-0.15, -0.1) is 18.2 Å². The van der Waals surface area contributed by atoms with Crippen molar-refractivity contribution < 1.29 is 17.9 Å². The summed E-state index contributed by atoms with van der Waals surface area (Å²) in [5.41, 5.74) is 0.561. The van der Waals surface area contributed by atoms with E-state index in [2.05, 4.69) is 13.7 Å². The maximum atomic E-state index is 15.1. The molecule has 1 heterocycles. The molecule has 0 saturated heterocycles. The van der Waals surface area contributed by atoms with Gasteiger partial charge in [-0.05, 0) is 17.8 Å². The van der Waals surface area contributed by atoms with Gasteiger partial charge in [0.15, 0.2) is 0 Å². The van der Waals surface area contributed by atoms with Crippen LogP contribution >= 0.6 is 0 Å². The molecule has 0 N–H and O–H groups in total. The van der Waals surface area contributed by atoms with Gasteiger partial charge in [0.2, 0.25) is 5.82 Å². The van der Waals surface area contributed by atoms with Crippen LogP contribution < -0.4 is 4.74 Å². The molecule has 1 atom stereocenters. The minimum absolute atomic E-state index is 0.00389. The number of rotatable bonds is 2. The highest BCUT2D eigenvalue weighted by Crippen LogP contribution is 2.51. The quantitative estimate of drug-likeness (QED) is 0.524. The molecule has 1 unspecified atom stereocenters. The third-order valence-corrected chi connectivity index (χ3v) is 5.50. The zero-order chi connectivity index (χ0) is 16.8. The monoisotopic (exact) mass is 330 g/mol. The fourth-order valence-corrected chi connectivity index (χ4v) is 4.03. The summed E-state index contributed by atoms with van der Waals surface area (Å²) in [7, 11) is 0. The Hall–Kier alpha value is -2.10. The fraction of sp³-hybridized carbons (Fsp3) is 0.400. The molecule has 0 amide bonds. The van der Waals surface area contributed by atoms with E-state index in [0.717, 1.165) is 25.7 Å². The van der Waals surface area contributed by atoms with Gasteiger partial charge in [0, 0.05) is 6.07 Å². The number of benzene rings is 1. The van der Waals surface area contributed by atoms with Crippen LogP contribution in [0.15, 0.2) is 35.9 Å². The van der Waals surface area contributed by atoms with Gasteiger partial charge in [-0.1, -0.05) is 44.1 Å². The normalized spacial score (nSPS) is 28.5. The van der Waals surface area contributed by atoms with E-state index in [1.54, 1.807) is 6.07 Å². The van der Waals surface area contributed by atoms with Crippen LogP contribution in [0.3, 0.4) is 0 Å². The molecule has 1 fully saturated rings. The number of halogens is 2. The van der Waals surface area contributed by atoms with Gasteiger partial charge in [0.05, 0.1) is 11.6 Å². The highest BCUT2D eigenvalue weighted by Gasteiger charge is 2.36. The van der Waals surface area contributed by atoms with Crippen molar-refractivity contribution in [2.24, 2.45) is 17.8 Å². The van der Waals surface area contributed by atoms with E-state index in [0.29, 0.717) is 23.3 Å². The number of ether oxygens (including phenoxy) is 1. The van der Waals surface area contributed by atoms with Gasteiger partial charge in [0.1, 0.15) is 5.75 Å². The summed E-state index contributed by atoms with van der Waals surface area (Å²) in [5.74, 6) is 0.623. The summed E-state index contributed by atoms with van der Waals surface area (Å²) < 4.78 is 39.8. The van der Waals surface area contributed by atoms with Crippen LogP contribution in [0.4, 0.5) is 8.78 Å². The molecule has 1 saturated carbocycles. The van der Waals surface area contributed by atoms with Crippen molar-refractivity contribution in [2.75, 3.05) is 0 Å². The lowest BCUT2D eigenvalue weighted by Gasteiger charge is -2.35. The van der Waals surface area contributed by atoms with Crippen LogP contribution in [0.2, 0.25) is 0 Å². The Kier molecular flexibility index (Phi) is 3.70. The standard InChI is InChI=1S/C20H20F2O2/c1-11-3-5-12(6-4-11)13-7-8-14-15-9-10-16(23-2)18(22)20(15)24-19(14)17(13)21/h7-13H,2-6H2,1H3. The predicted octanol–water partition coefficient (Wildman–Crippen LogP) is 5.41. The Labute approximate surface area is 140 Å². The maximum Gasteiger partial charge on any atom is 0.375 e. The van der Waals surface area contributed by atoms with Crippen molar-refractivity contribution >= 4 is 6.79 Å². The van der Waals surface area contributed by atoms with Crippen LogP contribution in [0.25, 0.3) is 0 Å². The van der Waals surface area contributed by atoms with Gasteiger partial charge < -0.3 is 4.74 Å². The number of allylic oxidation sites excluding steroid dienone is 3. The molecular formula is C20H20F2O2. The molecule has 4 heteroatoms. The minimum Gasteiger partial charge on any atom is -0.501 e. The van der Waals surface area contributed by atoms with Crippen molar-refractivity contribution in [1.82, 2.24) is 0 Å². The highest BCUT2D eigenvalue weighted by molar-refractivity contribution is 5.64. The number of hydrogen-bond donors (Lipinski definition) is 0. The Morgan fingerprint density at radius 1 is 1.21 bits per heavy atom. The molecule has 0 radical (unpaired) electrons. The van der Waals surface area contributed by atoms with Gasteiger partial charge in [-0.2, -0.15) is 0 Å². The van der Waals surface area contributed by atoms with Gasteiger partial charge in [0.25, 0.3) is 6.79 Å². The molecule has 1 aromatic rings. The van der Waals surface area contributed by atoms with Crippen LogP contribution in [0.1, 0.15) is 38.2 Å². The van der Waals surface area contributed by atoms with Crippen molar-refractivity contribution in [2.45, 2.75) is 32.6 Å². The second-order valence-electron chi connectivity index (χ2n) is 7.00. The van der Waals surface area contributed by atoms with Crippen molar-refractivity contribution in [3.8, 4) is 11.5 Å². The van der Waals surface area contributed by atoms with E-state index in [1.807, 2.05) is 12.2 Å². The van der Waals surface area contributed by atoms with E-state index in [1.165, 1.54) is 6.07 Å². The lowest BCUT2D eigenvalue weighted by atomic mass is 9.73. The Bertz CT molecular complexity index is 742. The van der Waals surface area contributed by atoms with E-state index < -0.39 is 5.82 Å². The average molecular weight is 330 g/mol. The van der Waals surface area contributed by atoms with Crippen LogP contribution in [0.5, 0.6) is 11.5 Å². The van der Waals surface area contributed by atoms with E-state index >= 15 is 4.39 Å².